The van der Waals surface area contributed by atoms with Crippen molar-refractivity contribution in [1.29, 1.82) is 0 Å². The van der Waals surface area contributed by atoms with Gasteiger partial charge in [-0.1, -0.05) is 78.9 Å². The number of rotatable bonds is 3. The van der Waals surface area contributed by atoms with Crippen molar-refractivity contribution in [1.82, 2.24) is 8.97 Å². The van der Waals surface area contributed by atoms with Crippen molar-refractivity contribution in [3.63, 3.8) is 0 Å². The van der Waals surface area contributed by atoms with E-state index in [4.69, 9.17) is 0 Å². The first kappa shape index (κ1) is 19.1. The molecule has 8 aromatic rings. The molecule has 0 aliphatic carbocycles. The van der Waals surface area contributed by atoms with Gasteiger partial charge in [0.25, 0.3) is 0 Å². The van der Waals surface area contributed by atoms with E-state index in [1.165, 1.54) is 71.0 Å². The molecule has 5 aromatic carbocycles. The first-order chi connectivity index (χ1) is 17.3. The van der Waals surface area contributed by atoms with Gasteiger partial charge in [0.15, 0.2) is 0 Å². The van der Waals surface area contributed by atoms with E-state index < -0.39 is 0 Å². The fraction of sp³-hybridized carbons (Fsp3) is 0.0909. The van der Waals surface area contributed by atoms with Gasteiger partial charge in [0, 0.05) is 49.9 Å². The Morgan fingerprint density at radius 1 is 0.486 bits per heavy atom. The first-order valence-corrected chi connectivity index (χ1v) is 12.5. The van der Waals surface area contributed by atoms with Crippen LogP contribution in [0.1, 0.15) is 18.1 Å². The van der Waals surface area contributed by atoms with E-state index in [2.05, 4.69) is 119 Å². The summed E-state index contributed by atoms with van der Waals surface area (Å²) in [4.78, 5) is 0. The number of aromatic nitrogens is 2. The molecule has 0 fully saturated rings. The van der Waals surface area contributed by atoms with Gasteiger partial charge in [0.2, 0.25) is 0 Å². The van der Waals surface area contributed by atoms with Crippen molar-refractivity contribution in [3.8, 4) is 0 Å². The molecule has 0 unspecified atom stereocenters. The number of hydrogen-bond acceptors (Lipinski definition) is 0. The molecule has 3 aromatic heterocycles. The molecule has 0 aliphatic heterocycles. The summed E-state index contributed by atoms with van der Waals surface area (Å²) in [5.41, 5.74) is 9.29. The number of para-hydroxylation sites is 3. The van der Waals surface area contributed by atoms with Crippen LogP contribution in [-0.4, -0.2) is 8.97 Å². The Labute approximate surface area is 203 Å². The molecule has 0 amide bonds. The quantitative estimate of drug-likeness (QED) is 0.256. The maximum atomic E-state index is 2.47. The normalized spacial score (nSPS) is 12.4. The smallest absolute Gasteiger partial charge is 0.0620 e. The summed E-state index contributed by atoms with van der Waals surface area (Å²) < 4.78 is 4.91. The second-order valence-corrected chi connectivity index (χ2v) is 9.70. The van der Waals surface area contributed by atoms with Crippen LogP contribution < -0.4 is 0 Å². The molecule has 0 spiro atoms. The Morgan fingerprint density at radius 2 is 1.03 bits per heavy atom. The van der Waals surface area contributed by atoms with E-state index in [0.29, 0.717) is 0 Å². The standard InChI is InChI=1S/C33H24N2/c1-2-34-29-12-5-3-8-23(29)25-16-14-21(19-31(25)34)18-22-15-17-26-28-11-7-10-27-24-9-4-6-13-30(24)35(33(27)28)32(26)20-22/h3-17,19-20H,2,18H2,1H3. The lowest BCUT2D eigenvalue weighted by Gasteiger charge is -2.07. The SMILES string of the molecule is CCn1c2ccccc2c2ccc(Cc3ccc4c5cccc6c7ccccc7n(c4c3)c65)cc21. The first-order valence-electron chi connectivity index (χ1n) is 12.5. The summed E-state index contributed by atoms with van der Waals surface area (Å²) in [6, 6.07) is 38.3. The van der Waals surface area contributed by atoms with Crippen molar-refractivity contribution in [2.24, 2.45) is 0 Å². The molecule has 0 bridgehead atoms. The van der Waals surface area contributed by atoms with Crippen LogP contribution in [-0.2, 0) is 13.0 Å². The minimum atomic E-state index is 0.924. The fourth-order valence-electron chi connectivity index (χ4n) is 6.37. The van der Waals surface area contributed by atoms with E-state index in [0.717, 1.165) is 13.0 Å². The second kappa shape index (κ2) is 6.86. The molecule has 0 N–H and O–H groups in total. The zero-order valence-electron chi connectivity index (χ0n) is 19.6. The third-order valence-corrected chi connectivity index (χ3v) is 7.85. The molecule has 8 rings (SSSR count). The summed E-state index contributed by atoms with van der Waals surface area (Å²) in [6.07, 6.45) is 0.924. The molecule has 166 valence electrons. The molecule has 35 heavy (non-hydrogen) atoms. The van der Waals surface area contributed by atoms with Crippen LogP contribution in [0.2, 0.25) is 0 Å². The average molecular weight is 449 g/mol. The third-order valence-electron chi connectivity index (χ3n) is 7.85. The van der Waals surface area contributed by atoms with Crippen molar-refractivity contribution in [2.75, 3.05) is 0 Å². The van der Waals surface area contributed by atoms with Crippen LogP contribution in [0.4, 0.5) is 0 Å². The molecule has 0 saturated carbocycles. The molecule has 0 aliphatic rings. The summed E-state index contributed by atoms with van der Waals surface area (Å²) >= 11 is 0. The van der Waals surface area contributed by atoms with Crippen LogP contribution in [0.15, 0.2) is 103 Å². The van der Waals surface area contributed by atoms with Gasteiger partial charge in [0.05, 0.1) is 16.6 Å². The summed E-state index contributed by atoms with van der Waals surface area (Å²) in [7, 11) is 0. The van der Waals surface area contributed by atoms with Gasteiger partial charge in [-0.25, -0.2) is 0 Å². The highest BCUT2D eigenvalue weighted by atomic mass is 15.0. The molecule has 0 atom stereocenters. The Kier molecular flexibility index (Phi) is 3.74. The van der Waals surface area contributed by atoms with Crippen LogP contribution in [0, 0.1) is 0 Å². The van der Waals surface area contributed by atoms with Gasteiger partial charge < -0.3 is 8.97 Å². The van der Waals surface area contributed by atoms with Crippen molar-refractivity contribution >= 4 is 59.9 Å². The van der Waals surface area contributed by atoms with E-state index >= 15 is 0 Å². The average Bonchev–Trinajstić information content (AvgIpc) is 3.53. The minimum absolute atomic E-state index is 0.924. The molecule has 2 heteroatoms. The van der Waals surface area contributed by atoms with Crippen LogP contribution >= 0.6 is 0 Å². The second-order valence-electron chi connectivity index (χ2n) is 9.70. The molecule has 0 radical (unpaired) electrons. The Bertz CT molecular complexity index is 2070. The van der Waals surface area contributed by atoms with Gasteiger partial charge in [0.1, 0.15) is 0 Å². The topological polar surface area (TPSA) is 9.34 Å². The molecular formula is C33H24N2. The number of hydrogen-bond donors (Lipinski definition) is 0. The fourth-order valence-corrected chi connectivity index (χ4v) is 6.37. The van der Waals surface area contributed by atoms with E-state index in [1.54, 1.807) is 0 Å². The van der Waals surface area contributed by atoms with E-state index in [-0.39, 0.29) is 0 Å². The predicted molar refractivity (Wildman–Crippen MR) is 149 cm³/mol. The van der Waals surface area contributed by atoms with Gasteiger partial charge in [-0.2, -0.15) is 0 Å². The van der Waals surface area contributed by atoms with Crippen LogP contribution in [0.25, 0.3) is 59.9 Å². The van der Waals surface area contributed by atoms with Crippen molar-refractivity contribution in [3.05, 3.63) is 114 Å². The predicted octanol–water partition coefficient (Wildman–Crippen LogP) is 8.56. The lowest BCUT2D eigenvalue weighted by atomic mass is 10.0. The Morgan fingerprint density at radius 3 is 1.74 bits per heavy atom. The zero-order valence-corrected chi connectivity index (χ0v) is 19.6. The number of fused-ring (bicyclic) bond motifs is 9. The van der Waals surface area contributed by atoms with Gasteiger partial charge >= 0.3 is 0 Å². The van der Waals surface area contributed by atoms with Crippen molar-refractivity contribution in [2.45, 2.75) is 19.9 Å². The lowest BCUT2D eigenvalue weighted by Crippen LogP contribution is -1.94. The van der Waals surface area contributed by atoms with E-state index in [9.17, 15) is 0 Å². The molecular weight excluding hydrogens is 424 g/mol. The zero-order chi connectivity index (χ0) is 23.1. The maximum Gasteiger partial charge on any atom is 0.0620 e. The van der Waals surface area contributed by atoms with Gasteiger partial charge in [-0.15, -0.1) is 0 Å². The Hall–Kier alpha value is -4.30. The lowest BCUT2D eigenvalue weighted by molar-refractivity contribution is 0.826. The number of benzene rings is 5. The van der Waals surface area contributed by atoms with Crippen LogP contribution in [0.3, 0.4) is 0 Å². The summed E-state index contributed by atoms with van der Waals surface area (Å²) in [5, 5.41) is 8.04. The van der Waals surface area contributed by atoms with Crippen molar-refractivity contribution < 1.29 is 0 Å². The highest BCUT2D eigenvalue weighted by Gasteiger charge is 2.17. The summed E-state index contributed by atoms with van der Waals surface area (Å²) in [6.45, 7) is 3.21. The number of aryl methyl sites for hydroxylation is 1. The van der Waals surface area contributed by atoms with Gasteiger partial charge in [-0.05, 0) is 48.7 Å². The Balaban J connectivity index is 1.32. The highest BCUT2D eigenvalue weighted by Crippen LogP contribution is 2.39. The molecule has 2 nitrogen and oxygen atoms in total. The molecule has 0 saturated heterocycles. The van der Waals surface area contributed by atoms with E-state index in [1.807, 2.05) is 0 Å². The maximum absolute atomic E-state index is 2.47. The minimum Gasteiger partial charge on any atom is -0.341 e. The third kappa shape index (κ3) is 2.49. The largest absolute Gasteiger partial charge is 0.341 e. The molecule has 3 heterocycles. The van der Waals surface area contributed by atoms with Gasteiger partial charge in [-0.3, -0.25) is 0 Å². The highest BCUT2D eigenvalue weighted by molar-refractivity contribution is 6.23. The van der Waals surface area contributed by atoms with Crippen LogP contribution in [0.5, 0.6) is 0 Å². The number of nitrogens with zero attached hydrogens (tertiary/aromatic N) is 2. The summed E-state index contributed by atoms with van der Waals surface area (Å²) in [5.74, 6) is 0. The monoisotopic (exact) mass is 448 g/mol.